The molecule has 0 aliphatic carbocycles. The fourth-order valence-electron chi connectivity index (χ4n) is 2.87. The fraction of sp³-hybridized carbons (Fsp3) is 0. The van der Waals surface area contributed by atoms with Gasteiger partial charge in [-0.25, -0.2) is 4.68 Å². The largest absolute Gasteiger partial charge is 0.256 e. The van der Waals surface area contributed by atoms with E-state index < -0.39 is 0 Å². The molecule has 0 fully saturated rings. The molecule has 0 bridgehead atoms. The zero-order valence-electron chi connectivity index (χ0n) is 14.5. The van der Waals surface area contributed by atoms with Crippen molar-refractivity contribution in [2.45, 2.75) is 0 Å². The Hall–Kier alpha value is -3.97. The first-order valence-electron chi connectivity index (χ1n) is 8.59. The molecule has 0 unspecified atom stereocenters. The van der Waals surface area contributed by atoms with Crippen LogP contribution < -0.4 is 0 Å². The van der Waals surface area contributed by atoms with Crippen molar-refractivity contribution in [2.24, 2.45) is 0 Å². The van der Waals surface area contributed by atoms with Crippen LogP contribution in [0.15, 0.2) is 91.3 Å². The van der Waals surface area contributed by atoms with Gasteiger partial charge in [-0.1, -0.05) is 54.6 Å². The maximum Gasteiger partial charge on any atom is 0.101 e. The van der Waals surface area contributed by atoms with E-state index in [1.807, 2.05) is 95.8 Å². The van der Waals surface area contributed by atoms with Crippen LogP contribution in [-0.2, 0) is 0 Å². The predicted octanol–water partition coefficient (Wildman–Crippen LogP) is 5.00. The Morgan fingerprint density at radius 1 is 0.889 bits per heavy atom. The van der Waals surface area contributed by atoms with Crippen molar-refractivity contribution in [3.63, 3.8) is 0 Å². The second kappa shape index (κ2) is 7.51. The number of pyridine rings is 1. The molecule has 0 saturated carbocycles. The lowest BCUT2D eigenvalue weighted by Gasteiger charge is -2.00. The summed E-state index contributed by atoms with van der Waals surface area (Å²) in [4.78, 5) is 4.30. The first kappa shape index (κ1) is 16.5. The van der Waals surface area contributed by atoms with Gasteiger partial charge in [-0.05, 0) is 30.3 Å². The van der Waals surface area contributed by atoms with Crippen LogP contribution >= 0.6 is 0 Å². The maximum absolute atomic E-state index is 9.64. The summed E-state index contributed by atoms with van der Waals surface area (Å²) in [5.74, 6) is 0. The van der Waals surface area contributed by atoms with Crippen molar-refractivity contribution in [1.82, 2.24) is 14.8 Å². The van der Waals surface area contributed by atoms with E-state index in [1.165, 1.54) is 0 Å². The Morgan fingerprint density at radius 2 is 1.59 bits per heavy atom. The topological polar surface area (TPSA) is 54.5 Å². The van der Waals surface area contributed by atoms with E-state index in [-0.39, 0.29) is 0 Å². The van der Waals surface area contributed by atoms with Crippen molar-refractivity contribution in [2.75, 3.05) is 0 Å². The second-order valence-corrected chi connectivity index (χ2v) is 5.96. The Kier molecular flexibility index (Phi) is 4.59. The molecule has 4 rings (SSSR count). The summed E-state index contributed by atoms with van der Waals surface area (Å²) in [6, 6.07) is 27.7. The van der Waals surface area contributed by atoms with Gasteiger partial charge in [0.25, 0.3) is 0 Å². The molecule has 0 atom stereocenters. The number of allylic oxidation sites excluding steroid dienone is 1. The minimum atomic E-state index is 0.500. The number of nitriles is 1. The van der Waals surface area contributed by atoms with Crippen LogP contribution in [0.5, 0.6) is 0 Å². The molecule has 4 aromatic rings. The highest BCUT2D eigenvalue weighted by molar-refractivity contribution is 5.91. The van der Waals surface area contributed by atoms with Gasteiger partial charge in [0, 0.05) is 23.5 Å². The Morgan fingerprint density at radius 3 is 2.26 bits per heavy atom. The number of benzene rings is 2. The van der Waals surface area contributed by atoms with Crippen molar-refractivity contribution in [3.05, 3.63) is 103 Å². The van der Waals surface area contributed by atoms with Gasteiger partial charge < -0.3 is 0 Å². The molecule has 2 aromatic heterocycles. The zero-order valence-corrected chi connectivity index (χ0v) is 14.5. The molecule has 27 heavy (non-hydrogen) atoms. The maximum atomic E-state index is 9.64. The molecule has 4 nitrogen and oxygen atoms in total. The van der Waals surface area contributed by atoms with Crippen molar-refractivity contribution in [1.29, 1.82) is 5.26 Å². The normalized spacial score (nSPS) is 11.1. The summed E-state index contributed by atoms with van der Waals surface area (Å²) < 4.78 is 1.83. The minimum Gasteiger partial charge on any atom is -0.256 e. The number of hydrogen-bond acceptors (Lipinski definition) is 3. The number of nitrogens with zero attached hydrogens (tertiary/aromatic N) is 4. The van der Waals surface area contributed by atoms with Crippen LogP contribution in [0.4, 0.5) is 0 Å². The highest BCUT2D eigenvalue weighted by Crippen LogP contribution is 2.27. The summed E-state index contributed by atoms with van der Waals surface area (Å²) in [7, 11) is 0. The van der Waals surface area contributed by atoms with E-state index in [2.05, 4.69) is 11.1 Å². The SMILES string of the molecule is N#CC(=Cc1cn(-c2ccccc2)nc1-c1ccccc1)c1ccccn1. The third-order valence-electron chi connectivity index (χ3n) is 4.17. The third kappa shape index (κ3) is 3.53. The molecule has 0 aliphatic rings. The van der Waals surface area contributed by atoms with E-state index in [0.29, 0.717) is 11.3 Å². The summed E-state index contributed by atoms with van der Waals surface area (Å²) in [5.41, 5.74) is 4.80. The highest BCUT2D eigenvalue weighted by atomic mass is 15.3. The van der Waals surface area contributed by atoms with Gasteiger partial charge in [0.05, 0.1) is 22.6 Å². The molecule has 0 spiro atoms. The van der Waals surface area contributed by atoms with Crippen LogP contribution in [0.1, 0.15) is 11.3 Å². The van der Waals surface area contributed by atoms with Gasteiger partial charge in [-0.15, -0.1) is 0 Å². The number of aromatic nitrogens is 3. The van der Waals surface area contributed by atoms with Crippen molar-refractivity contribution < 1.29 is 0 Å². The lowest BCUT2D eigenvalue weighted by Crippen LogP contribution is -1.93. The van der Waals surface area contributed by atoms with Crippen LogP contribution in [-0.4, -0.2) is 14.8 Å². The quantitative estimate of drug-likeness (QED) is 0.488. The van der Waals surface area contributed by atoms with E-state index in [9.17, 15) is 5.26 Å². The third-order valence-corrected chi connectivity index (χ3v) is 4.17. The smallest absolute Gasteiger partial charge is 0.101 e. The van der Waals surface area contributed by atoms with Crippen LogP contribution in [0.25, 0.3) is 28.6 Å². The van der Waals surface area contributed by atoms with Crippen molar-refractivity contribution >= 4 is 11.6 Å². The van der Waals surface area contributed by atoms with Crippen molar-refractivity contribution in [3.8, 4) is 23.0 Å². The molecule has 0 saturated heterocycles. The Labute approximate surface area is 157 Å². The molecular formula is C23H16N4. The molecule has 4 heteroatoms. The van der Waals surface area contributed by atoms with Crippen LogP contribution in [0, 0.1) is 11.3 Å². The standard InChI is InChI=1S/C23H16N4/c24-16-19(22-13-7-8-14-25-22)15-20-17-27(21-11-5-2-6-12-21)26-23(20)18-9-3-1-4-10-18/h1-15,17H. The lowest BCUT2D eigenvalue weighted by atomic mass is 10.0. The van der Waals surface area contributed by atoms with Gasteiger partial charge in [-0.3, -0.25) is 4.98 Å². The number of para-hydroxylation sites is 1. The van der Waals surface area contributed by atoms with E-state index in [4.69, 9.17) is 5.10 Å². The molecule has 0 aliphatic heterocycles. The lowest BCUT2D eigenvalue weighted by molar-refractivity contribution is 0.884. The highest BCUT2D eigenvalue weighted by Gasteiger charge is 2.12. The molecular weight excluding hydrogens is 332 g/mol. The second-order valence-electron chi connectivity index (χ2n) is 5.96. The average Bonchev–Trinajstić information content (AvgIpc) is 3.18. The van der Waals surface area contributed by atoms with Gasteiger partial charge >= 0.3 is 0 Å². The fourth-order valence-corrected chi connectivity index (χ4v) is 2.87. The molecule has 0 radical (unpaired) electrons. The summed E-state index contributed by atoms with van der Waals surface area (Å²) in [5, 5.41) is 14.4. The molecule has 0 amide bonds. The van der Waals surface area contributed by atoms with E-state index >= 15 is 0 Å². The molecule has 0 N–H and O–H groups in total. The van der Waals surface area contributed by atoms with Gasteiger partial charge in [0.1, 0.15) is 6.07 Å². The first-order valence-corrected chi connectivity index (χ1v) is 8.59. The first-order chi connectivity index (χ1) is 13.3. The van der Waals surface area contributed by atoms with E-state index in [0.717, 1.165) is 22.5 Å². The molecule has 2 aromatic carbocycles. The van der Waals surface area contributed by atoms with Gasteiger partial charge in [-0.2, -0.15) is 10.4 Å². The number of hydrogen-bond donors (Lipinski definition) is 0. The minimum absolute atomic E-state index is 0.500. The van der Waals surface area contributed by atoms with Crippen LogP contribution in [0.2, 0.25) is 0 Å². The number of rotatable bonds is 4. The summed E-state index contributed by atoms with van der Waals surface area (Å²) in [6.07, 6.45) is 5.47. The molecule has 128 valence electrons. The van der Waals surface area contributed by atoms with Crippen LogP contribution in [0.3, 0.4) is 0 Å². The average molecular weight is 348 g/mol. The summed E-state index contributed by atoms with van der Waals surface area (Å²) in [6.45, 7) is 0. The molecule has 2 heterocycles. The Bertz CT molecular complexity index is 1110. The van der Waals surface area contributed by atoms with E-state index in [1.54, 1.807) is 6.20 Å². The Balaban J connectivity index is 1.87. The van der Waals surface area contributed by atoms with Gasteiger partial charge in [0.2, 0.25) is 0 Å². The zero-order chi connectivity index (χ0) is 18.5. The monoisotopic (exact) mass is 348 g/mol. The summed E-state index contributed by atoms with van der Waals surface area (Å²) >= 11 is 0. The van der Waals surface area contributed by atoms with Gasteiger partial charge in [0.15, 0.2) is 0 Å². The predicted molar refractivity (Wildman–Crippen MR) is 107 cm³/mol.